The first-order valence-electron chi connectivity index (χ1n) is 8.96. The first-order valence-corrected chi connectivity index (χ1v) is 8.96. The number of carbonyl (C=O) groups is 3. The van der Waals surface area contributed by atoms with E-state index in [0.717, 1.165) is 19.3 Å². The van der Waals surface area contributed by atoms with Crippen LogP contribution in [0.1, 0.15) is 31.2 Å². The molecule has 26 heavy (non-hydrogen) atoms. The van der Waals surface area contributed by atoms with Crippen LogP contribution in [0.4, 0.5) is 0 Å². The van der Waals surface area contributed by atoms with Crippen molar-refractivity contribution in [3.05, 3.63) is 35.9 Å². The largest absolute Gasteiger partial charge is 0.451 e. The van der Waals surface area contributed by atoms with E-state index in [1.807, 2.05) is 18.2 Å². The average Bonchev–Trinajstić information content (AvgIpc) is 2.68. The molecule has 1 aromatic rings. The van der Waals surface area contributed by atoms with Gasteiger partial charge in [0.25, 0.3) is 5.91 Å². The third-order valence-electron chi connectivity index (χ3n) is 4.80. The van der Waals surface area contributed by atoms with Crippen LogP contribution >= 0.6 is 0 Å². The van der Waals surface area contributed by atoms with Crippen molar-refractivity contribution in [3.8, 4) is 0 Å². The molecule has 1 N–H and O–H groups in total. The smallest absolute Gasteiger partial charge is 0.355 e. The lowest BCUT2D eigenvalue weighted by atomic mass is 9.90. The summed E-state index contributed by atoms with van der Waals surface area (Å²) in [5, 5.41) is 3.67. The lowest BCUT2D eigenvalue weighted by Crippen LogP contribution is -2.41. The third kappa shape index (κ3) is 4.91. The van der Waals surface area contributed by atoms with Gasteiger partial charge >= 0.3 is 5.97 Å². The van der Waals surface area contributed by atoms with E-state index in [-0.39, 0.29) is 37.0 Å². The van der Waals surface area contributed by atoms with Crippen molar-refractivity contribution in [2.45, 2.75) is 32.1 Å². The molecule has 2 amide bonds. The van der Waals surface area contributed by atoms with Crippen molar-refractivity contribution >= 4 is 23.5 Å². The highest BCUT2D eigenvalue weighted by Gasteiger charge is 2.25. The fourth-order valence-electron chi connectivity index (χ4n) is 3.26. The Hall–Kier alpha value is -2.70. The van der Waals surface area contributed by atoms with E-state index in [4.69, 9.17) is 4.74 Å². The van der Waals surface area contributed by atoms with Gasteiger partial charge < -0.3 is 9.64 Å². The molecule has 1 saturated heterocycles. The maximum atomic E-state index is 12.2. The fourth-order valence-corrected chi connectivity index (χ4v) is 3.26. The zero-order valence-electron chi connectivity index (χ0n) is 14.6. The number of nitrogens with one attached hydrogen (secondary N) is 1. The molecule has 0 saturated carbocycles. The fraction of sp³-hybridized carbons (Fsp3) is 0.474. The number of benzene rings is 1. The molecular weight excluding hydrogens is 334 g/mol. The number of carbonyl (C=O) groups excluding carboxylic acids is 3. The molecule has 1 aromatic carbocycles. The topological polar surface area (TPSA) is 88.1 Å². The van der Waals surface area contributed by atoms with Gasteiger partial charge in [-0.2, -0.15) is 5.10 Å². The number of ether oxygens (including phenoxy) is 1. The number of likely N-dealkylation sites (tertiary alicyclic amines) is 1. The summed E-state index contributed by atoms with van der Waals surface area (Å²) in [5.41, 5.74) is 3.72. The summed E-state index contributed by atoms with van der Waals surface area (Å²) in [5.74, 6) is -0.477. The maximum absolute atomic E-state index is 12.2. The van der Waals surface area contributed by atoms with E-state index in [0.29, 0.717) is 19.0 Å². The second-order valence-corrected chi connectivity index (χ2v) is 6.68. The number of hydrogen-bond donors (Lipinski definition) is 1. The van der Waals surface area contributed by atoms with Gasteiger partial charge in [0, 0.05) is 25.9 Å². The van der Waals surface area contributed by atoms with Gasteiger partial charge in [0.2, 0.25) is 5.91 Å². The predicted octanol–water partition coefficient (Wildman–Crippen LogP) is 1.28. The molecule has 138 valence electrons. The molecule has 0 aromatic heterocycles. The number of piperidine rings is 1. The molecule has 1 fully saturated rings. The van der Waals surface area contributed by atoms with E-state index < -0.39 is 5.97 Å². The number of rotatable bonds is 5. The van der Waals surface area contributed by atoms with Gasteiger partial charge in [-0.3, -0.25) is 9.59 Å². The lowest BCUT2D eigenvalue weighted by Gasteiger charge is -2.32. The van der Waals surface area contributed by atoms with Crippen LogP contribution in [-0.4, -0.2) is 48.1 Å². The number of hydrazone groups is 1. The Labute approximate surface area is 152 Å². The lowest BCUT2D eigenvalue weighted by molar-refractivity contribution is -0.147. The summed E-state index contributed by atoms with van der Waals surface area (Å²) in [6.07, 6.45) is 3.38. The summed E-state index contributed by atoms with van der Waals surface area (Å²) in [6.45, 7) is 1.09. The van der Waals surface area contributed by atoms with Gasteiger partial charge in [0.15, 0.2) is 6.61 Å². The van der Waals surface area contributed by atoms with Gasteiger partial charge in [-0.15, -0.1) is 0 Å². The van der Waals surface area contributed by atoms with Gasteiger partial charge in [-0.25, -0.2) is 10.2 Å². The predicted molar refractivity (Wildman–Crippen MR) is 95.2 cm³/mol. The highest BCUT2D eigenvalue weighted by atomic mass is 16.5. The average molecular weight is 357 g/mol. The SMILES string of the molecule is O=C1CCC(C(=O)OCC(=O)N2CCC(Cc3ccccc3)CC2)=NN1. The Balaban J connectivity index is 1.39. The van der Waals surface area contributed by atoms with Crippen molar-refractivity contribution in [2.24, 2.45) is 11.0 Å². The number of hydrogen-bond acceptors (Lipinski definition) is 5. The number of esters is 1. The van der Waals surface area contributed by atoms with Crippen LogP contribution in [0.5, 0.6) is 0 Å². The Kier molecular flexibility index (Phi) is 5.99. The standard InChI is InChI=1S/C19H23N3O4/c23-17-7-6-16(20-21-17)19(25)26-13-18(24)22-10-8-15(9-11-22)12-14-4-2-1-3-5-14/h1-5,15H,6-13H2,(H,21,23). The molecule has 0 bridgehead atoms. The van der Waals surface area contributed by atoms with Crippen LogP contribution in [0, 0.1) is 5.92 Å². The normalized spacial score (nSPS) is 18.1. The van der Waals surface area contributed by atoms with E-state index in [2.05, 4.69) is 22.7 Å². The highest BCUT2D eigenvalue weighted by molar-refractivity contribution is 6.37. The highest BCUT2D eigenvalue weighted by Crippen LogP contribution is 2.21. The number of nitrogens with zero attached hydrogens (tertiary/aromatic N) is 2. The van der Waals surface area contributed by atoms with Crippen molar-refractivity contribution < 1.29 is 19.1 Å². The molecule has 0 spiro atoms. The molecule has 0 unspecified atom stereocenters. The van der Waals surface area contributed by atoms with E-state index in [1.54, 1.807) is 4.90 Å². The van der Waals surface area contributed by atoms with Crippen LogP contribution in [0.2, 0.25) is 0 Å². The quantitative estimate of drug-likeness (QED) is 0.804. The van der Waals surface area contributed by atoms with Gasteiger partial charge in [-0.05, 0) is 30.7 Å². The van der Waals surface area contributed by atoms with Gasteiger partial charge in [0.05, 0.1) is 0 Å². The van der Waals surface area contributed by atoms with E-state index in [9.17, 15) is 14.4 Å². The summed E-state index contributed by atoms with van der Waals surface area (Å²) >= 11 is 0. The van der Waals surface area contributed by atoms with Crippen LogP contribution in [0.3, 0.4) is 0 Å². The van der Waals surface area contributed by atoms with Crippen molar-refractivity contribution in [1.29, 1.82) is 0 Å². The second-order valence-electron chi connectivity index (χ2n) is 6.68. The summed E-state index contributed by atoms with van der Waals surface area (Å²) in [7, 11) is 0. The van der Waals surface area contributed by atoms with Crippen LogP contribution in [0.25, 0.3) is 0 Å². The van der Waals surface area contributed by atoms with Crippen molar-refractivity contribution in [1.82, 2.24) is 10.3 Å². The zero-order valence-corrected chi connectivity index (χ0v) is 14.6. The minimum atomic E-state index is -0.641. The summed E-state index contributed by atoms with van der Waals surface area (Å²) in [6, 6.07) is 10.4. The maximum Gasteiger partial charge on any atom is 0.355 e. The summed E-state index contributed by atoms with van der Waals surface area (Å²) in [4.78, 5) is 36.9. The van der Waals surface area contributed by atoms with Crippen molar-refractivity contribution in [2.75, 3.05) is 19.7 Å². The van der Waals surface area contributed by atoms with E-state index >= 15 is 0 Å². The Bertz CT molecular complexity index is 694. The summed E-state index contributed by atoms with van der Waals surface area (Å²) < 4.78 is 5.04. The Morgan fingerprint density at radius 3 is 2.54 bits per heavy atom. The van der Waals surface area contributed by atoms with Gasteiger partial charge in [-0.1, -0.05) is 30.3 Å². The monoisotopic (exact) mass is 357 g/mol. The van der Waals surface area contributed by atoms with Crippen molar-refractivity contribution in [3.63, 3.8) is 0 Å². The molecule has 7 nitrogen and oxygen atoms in total. The second kappa shape index (κ2) is 8.60. The van der Waals surface area contributed by atoms with Crippen LogP contribution in [0.15, 0.2) is 35.4 Å². The van der Waals surface area contributed by atoms with Gasteiger partial charge in [0.1, 0.15) is 5.71 Å². The molecule has 3 rings (SSSR count). The molecule has 2 aliphatic rings. The zero-order chi connectivity index (χ0) is 18.4. The molecule has 0 aliphatic carbocycles. The van der Waals surface area contributed by atoms with Crippen LogP contribution in [-0.2, 0) is 25.5 Å². The minimum absolute atomic E-state index is 0.152. The Morgan fingerprint density at radius 1 is 1.15 bits per heavy atom. The Morgan fingerprint density at radius 2 is 1.88 bits per heavy atom. The van der Waals surface area contributed by atoms with Crippen LogP contribution < -0.4 is 5.43 Å². The molecule has 0 radical (unpaired) electrons. The number of amides is 2. The molecule has 0 atom stereocenters. The third-order valence-corrected chi connectivity index (χ3v) is 4.80. The molecular formula is C19H23N3O4. The minimum Gasteiger partial charge on any atom is -0.451 e. The first-order chi connectivity index (χ1) is 12.6. The first kappa shape index (κ1) is 18.1. The molecule has 2 aliphatic heterocycles. The molecule has 7 heteroatoms. The molecule has 2 heterocycles. The van der Waals surface area contributed by atoms with E-state index in [1.165, 1.54) is 5.56 Å².